The normalized spacial score (nSPS) is 13.8. The SMILES string of the molecule is C=CCOc1cccc2c1CCC2. The summed E-state index contributed by atoms with van der Waals surface area (Å²) in [6, 6.07) is 6.32. The van der Waals surface area contributed by atoms with Crippen molar-refractivity contribution in [2.45, 2.75) is 19.3 Å². The van der Waals surface area contributed by atoms with Crippen LogP contribution in [0.25, 0.3) is 0 Å². The van der Waals surface area contributed by atoms with Crippen LogP contribution in [-0.2, 0) is 12.8 Å². The zero-order valence-electron chi connectivity index (χ0n) is 7.75. The van der Waals surface area contributed by atoms with E-state index in [1.54, 1.807) is 6.08 Å². The summed E-state index contributed by atoms with van der Waals surface area (Å²) in [7, 11) is 0. The Morgan fingerprint density at radius 1 is 1.38 bits per heavy atom. The van der Waals surface area contributed by atoms with Crippen LogP contribution < -0.4 is 4.74 Å². The number of benzene rings is 1. The first-order chi connectivity index (χ1) is 6.42. The highest BCUT2D eigenvalue weighted by atomic mass is 16.5. The van der Waals surface area contributed by atoms with Crippen LogP contribution in [0.2, 0.25) is 0 Å². The molecule has 1 aromatic rings. The van der Waals surface area contributed by atoms with Gasteiger partial charge < -0.3 is 4.74 Å². The van der Waals surface area contributed by atoms with Gasteiger partial charge in [-0.1, -0.05) is 24.8 Å². The average Bonchev–Trinajstić information content (AvgIpc) is 2.62. The van der Waals surface area contributed by atoms with Gasteiger partial charge in [0.15, 0.2) is 0 Å². The topological polar surface area (TPSA) is 9.23 Å². The van der Waals surface area contributed by atoms with Crippen LogP contribution in [0.15, 0.2) is 30.9 Å². The third kappa shape index (κ3) is 1.59. The molecule has 0 aromatic heterocycles. The first kappa shape index (κ1) is 8.36. The summed E-state index contributed by atoms with van der Waals surface area (Å²) in [5, 5.41) is 0. The lowest BCUT2D eigenvalue weighted by Gasteiger charge is -2.08. The van der Waals surface area contributed by atoms with Gasteiger partial charge >= 0.3 is 0 Å². The third-order valence-corrected chi connectivity index (χ3v) is 2.46. The maximum Gasteiger partial charge on any atom is 0.123 e. The molecule has 1 heteroatoms. The Kier molecular flexibility index (Phi) is 2.35. The molecule has 1 aromatic carbocycles. The largest absolute Gasteiger partial charge is 0.489 e. The predicted molar refractivity (Wildman–Crippen MR) is 54.2 cm³/mol. The number of hydrogen-bond donors (Lipinski definition) is 0. The van der Waals surface area contributed by atoms with Crippen molar-refractivity contribution in [3.8, 4) is 5.75 Å². The van der Waals surface area contributed by atoms with Crippen LogP contribution >= 0.6 is 0 Å². The van der Waals surface area contributed by atoms with Gasteiger partial charge in [-0.15, -0.1) is 0 Å². The van der Waals surface area contributed by atoms with Crippen molar-refractivity contribution in [1.29, 1.82) is 0 Å². The maximum atomic E-state index is 5.58. The first-order valence-electron chi connectivity index (χ1n) is 4.76. The molecule has 0 unspecified atom stereocenters. The fraction of sp³-hybridized carbons (Fsp3) is 0.333. The number of fused-ring (bicyclic) bond motifs is 1. The molecule has 2 rings (SSSR count). The van der Waals surface area contributed by atoms with Crippen molar-refractivity contribution in [3.63, 3.8) is 0 Å². The van der Waals surface area contributed by atoms with Crippen molar-refractivity contribution in [1.82, 2.24) is 0 Å². The minimum absolute atomic E-state index is 0.608. The van der Waals surface area contributed by atoms with Crippen molar-refractivity contribution in [2.24, 2.45) is 0 Å². The molecular formula is C12H14O. The summed E-state index contributed by atoms with van der Waals surface area (Å²) >= 11 is 0. The molecule has 0 bridgehead atoms. The summed E-state index contributed by atoms with van der Waals surface area (Å²) in [6.07, 6.45) is 5.43. The zero-order valence-corrected chi connectivity index (χ0v) is 7.75. The zero-order chi connectivity index (χ0) is 9.10. The molecule has 0 radical (unpaired) electrons. The van der Waals surface area contributed by atoms with Crippen LogP contribution in [0.5, 0.6) is 5.75 Å². The van der Waals surface area contributed by atoms with Gasteiger partial charge in [-0.25, -0.2) is 0 Å². The molecule has 1 aliphatic rings. The lowest BCUT2D eigenvalue weighted by molar-refractivity contribution is 0.359. The van der Waals surface area contributed by atoms with E-state index in [-0.39, 0.29) is 0 Å². The second kappa shape index (κ2) is 3.65. The van der Waals surface area contributed by atoms with E-state index in [0.717, 1.165) is 5.75 Å². The van der Waals surface area contributed by atoms with E-state index in [1.807, 2.05) is 6.07 Å². The van der Waals surface area contributed by atoms with E-state index in [1.165, 1.54) is 30.4 Å². The van der Waals surface area contributed by atoms with E-state index in [0.29, 0.717) is 6.61 Å². The smallest absolute Gasteiger partial charge is 0.123 e. The van der Waals surface area contributed by atoms with Gasteiger partial charge in [-0.2, -0.15) is 0 Å². The Balaban J connectivity index is 2.25. The first-order valence-corrected chi connectivity index (χ1v) is 4.76. The number of rotatable bonds is 3. The van der Waals surface area contributed by atoms with Gasteiger partial charge in [-0.05, 0) is 36.5 Å². The Hall–Kier alpha value is -1.24. The van der Waals surface area contributed by atoms with Crippen molar-refractivity contribution < 1.29 is 4.74 Å². The van der Waals surface area contributed by atoms with Crippen LogP contribution in [0.4, 0.5) is 0 Å². The van der Waals surface area contributed by atoms with E-state index in [9.17, 15) is 0 Å². The molecule has 0 saturated carbocycles. The van der Waals surface area contributed by atoms with E-state index in [2.05, 4.69) is 18.7 Å². The minimum Gasteiger partial charge on any atom is -0.489 e. The summed E-state index contributed by atoms with van der Waals surface area (Å²) in [4.78, 5) is 0. The molecule has 1 aliphatic carbocycles. The molecule has 0 spiro atoms. The summed E-state index contributed by atoms with van der Waals surface area (Å²) in [5.41, 5.74) is 2.87. The number of aryl methyl sites for hydroxylation is 1. The minimum atomic E-state index is 0.608. The quantitative estimate of drug-likeness (QED) is 0.640. The Labute approximate surface area is 79.0 Å². The highest BCUT2D eigenvalue weighted by Gasteiger charge is 2.14. The molecule has 0 aliphatic heterocycles. The van der Waals surface area contributed by atoms with Gasteiger partial charge in [-0.3, -0.25) is 0 Å². The molecule has 0 saturated heterocycles. The number of hydrogen-bond acceptors (Lipinski definition) is 1. The van der Waals surface area contributed by atoms with Crippen LogP contribution in [0.3, 0.4) is 0 Å². The molecular weight excluding hydrogens is 160 g/mol. The summed E-state index contributed by atoms with van der Waals surface area (Å²) < 4.78 is 5.58. The molecule has 1 nitrogen and oxygen atoms in total. The molecule has 0 atom stereocenters. The molecule has 13 heavy (non-hydrogen) atoms. The number of ether oxygens (including phenoxy) is 1. The second-order valence-electron chi connectivity index (χ2n) is 3.35. The highest BCUT2D eigenvalue weighted by Crippen LogP contribution is 2.30. The molecule has 0 fully saturated rings. The van der Waals surface area contributed by atoms with Crippen LogP contribution in [0, 0.1) is 0 Å². The second-order valence-corrected chi connectivity index (χ2v) is 3.35. The van der Waals surface area contributed by atoms with Crippen LogP contribution in [-0.4, -0.2) is 6.61 Å². The van der Waals surface area contributed by atoms with Crippen molar-refractivity contribution in [3.05, 3.63) is 42.0 Å². The lowest BCUT2D eigenvalue weighted by atomic mass is 10.1. The van der Waals surface area contributed by atoms with Gasteiger partial charge in [0.1, 0.15) is 12.4 Å². The maximum absolute atomic E-state index is 5.58. The molecule has 0 heterocycles. The standard InChI is InChI=1S/C12H14O/c1-2-9-13-12-8-4-6-10-5-3-7-11(10)12/h2,4,6,8H,1,3,5,7,9H2. The summed E-state index contributed by atoms with van der Waals surface area (Å²) in [5.74, 6) is 1.05. The van der Waals surface area contributed by atoms with E-state index >= 15 is 0 Å². The Morgan fingerprint density at radius 2 is 2.31 bits per heavy atom. The Morgan fingerprint density at radius 3 is 3.15 bits per heavy atom. The van der Waals surface area contributed by atoms with Gasteiger partial charge in [0.2, 0.25) is 0 Å². The summed E-state index contributed by atoms with van der Waals surface area (Å²) in [6.45, 7) is 4.25. The molecule has 0 amide bonds. The Bertz CT molecular complexity index is 315. The van der Waals surface area contributed by atoms with Gasteiger partial charge in [0, 0.05) is 0 Å². The van der Waals surface area contributed by atoms with Gasteiger partial charge in [0.05, 0.1) is 0 Å². The van der Waals surface area contributed by atoms with E-state index < -0.39 is 0 Å². The van der Waals surface area contributed by atoms with Crippen LogP contribution in [0.1, 0.15) is 17.5 Å². The van der Waals surface area contributed by atoms with Crippen molar-refractivity contribution in [2.75, 3.05) is 6.61 Å². The van der Waals surface area contributed by atoms with Gasteiger partial charge in [0.25, 0.3) is 0 Å². The molecule has 68 valence electrons. The fourth-order valence-electron chi connectivity index (χ4n) is 1.87. The average molecular weight is 174 g/mol. The highest BCUT2D eigenvalue weighted by molar-refractivity contribution is 5.43. The third-order valence-electron chi connectivity index (χ3n) is 2.46. The monoisotopic (exact) mass is 174 g/mol. The van der Waals surface area contributed by atoms with E-state index in [4.69, 9.17) is 4.74 Å². The molecule has 0 N–H and O–H groups in total. The predicted octanol–water partition coefficient (Wildman–Crippen LogP) is 2.74. The fourth-order valence-corrected chi connectivity index (χ4v) is 1.87. The van der Waals surface area contributed by atoms with Crippen molar-refractivity contribution >= 4 is 0 Å². The lowest BCUT2D eigenvalue weighted by Crippen LogP contribution is -1.96.